The molecule has 1 aliphatic heterocycles. The van der Waals surface area contributed by atoms with Gasteiger partial charge in [0.05, 0.1) is 0 Å². The molecule has 1 aromatic heterocycles. The third-order valence-electron chi connectivity index (χ3n) is 4.85. The van der Waals surface area contributed by atoms with Gasteiger partial charge in [-0.05, 0) is 30.7 Å². The van der Waals surface area contributed by atoms with E-state index in [1.807, 2.05) is 11.0 Å². The molecule has 1 saturated heterocycles. The Morgan fingerprint density at radius 3 is 2.77 bits per heavy atom. The summed E-state index contributed by atoms with van der Waals surface area (Å²) >= 11 is 0. The molecule has 2 aromatic rings. The smallest absolute Gasteiger partial charge is 0.276 e. The maximum atomic E-state index is 12.8. The zero-order valence-corrected chi connectivity index (χ0v) is 13.2. The normalized spacial score (nSPS) is 21.5. The van der Waals surface area contributed by atoms with Crippen molar-refractivity contribution in [1.82, 2.24) is 9.88 Å². The molecule has 0 radical (unpaired) electrons. The standard InChI is InChI=1S/C18H22N2O2/c1-14(2)18(11-15-7-4-3-5-8-15)9-6-10-20(18)17(21)16-12-22-13-19-16/h3-5,7-8,12-14H,6,9-11H2,1-2H3. The zero-order valence-electron chi connectivity index (χ0n) is 13.2. The first-order chi connectivity index (χ1) is 10.6. The Morgan fingerprint density at radius 1 is 1.36 bits per heavy atom. The molecule has 2 heterocycles. The predicted octanol–water partition coefficient (Wildman–Crippen LogP) is 3.55. The van der Waals surface area contributed by atoms with Crippen LogP contribution in [0.3, 0.4) is 0 Å². The van der Waals surface area contributed by atoms with E-state index in [-0.39, 0.29) is 11.4 Å². The van der Waals surface area contributed by atoms with Crippen LogP contribution < -0.4 is 0 Å². The summed E-state index contributed by atoms with van der Waals surface area (Å²) in [7, 11) is 0. The summed E-state index contributed by atoms with van der Waals surface area (Å²) in [6.45, 7) is 5.20. The summed E-state index contributed by atoms with van der Waals surface area (Å²) in [6, 6.07) is 10.4. The van der Waals surface area contributed by atoms with Gasteiger partial charge in [0.15, 0.2) is 12.1 Å². The van der Waals surface area contributed by atoms with Crippen molar-refractivity contribution >= 4 is 5.91 Å². The van der Waals surface area contributed by atoms with Crippen LogP contribution in [0.15, 0.2) is 47.4 Å². The first kappa shape index (κ1) is 14.8. The highest BCUT2D eigenvalue weighted by atomic mass is 16.3. The quantitative estimate of drug-likeness (QED) is 0.867. The third kappa shape index (κ3) is 2.54. The maximum absolute atomic E-state index is 12.8. The lowest BCUT2D eigenvalue weighted by atomic mass is 9.78. The number of likely N-dealkylation sites (tertiary alicyclic amines) is 1. The summed E-state index contributed by atoms with van der Waals surface area (Å²) in [5.74, 6) is 0.363. The molecular formula is C18H22N2O2. The first-order valence-electron chi connectivity index (χ1n) is 7.87. The van der Waals surface area contributed by atoms with E-state index in [1.54, 1.807) is 0 Å². The summed E-state index contributed by atoms with van der Waals surface area (Å²) in [5.41, 5.74) is 1.54. The van der Waals surface area contributed by atoms with Gasteiger partial charge in [-0.25, -0.2) is 4.98 Å². The van der Waals surface area contributed by atoms with E-state index in [9.17, 15) is 4.79 Å². The van der Waals surface area contributed by atoms with Gasteiger partial charge in [-0.1, -0.05) is 44.2 Å². The Balaban J connectivity index is 1.93. The number of oxazole rings is 1. The van der Waals surface area contributed by atoms with Gasteiger partial charge in [-0.2, -0.15) is 0 Å². The Hall–Kier alpha value is -2.10. The average molecular weight is 298 g/mol. The van der Waals surface area contributed by atoms with Crippen LogP contribution in [-0.4, -0.2) is 27.9 Å². The fourth-order valence-corrected chi connectivity index (χ4v) is 3.60. The van der Waals surface area contributed by atoms with Crippen molar-refractivity contribution in [1.29, 1.82) is 0 Å². The van der Waals surface area contributed by atoms with Gasteiger partial charge in [0.2, 0.25) is 0 Å². The Bertz CT molecular complexity index is 622. The van der Waals surface area contributed by atoms with Crippen LogP contribution in [0.5, 0.6) is 0 Å². The van der Waals surface area contributed by atoms with Gasteiger partial charge in [0.1, 0.15) is 6.26 Å². The number of amides is 1. The molecule has 0 saturated carbocycles. The number of aromatic nitrogens is 1. The van der Waals surface area contributed by atoms with Crippen LogP contribution in [-0.2, 0) is 6.42 Å². The molecule has 1 aromatic carbocycles. The lowest BCUT2D eigenvalue weighted by Crippen LogP contribution is -2.52. The SMILES string of the molecule is CC(C)C1(Cc2ccccc2)CCCN1C(=O)c1cocn1. The van der Waals surface area contributed by atoms with Crippen molar-refractivity contribution in [3.8, 4) is 0 Å². The summed E-state index contributed by atoms with van der Waals surface area (Å²) < 4.78 is 4.98. The minimum absolute atomic E-state index is 0.0177. The molecule has 1 amide bonds. The topological polar surface area (TPSA) is 46.3 Å². The van der Waals surface area contributed by atoms with Crippen molar-refractivity contribution in [3.05, 3.63) is 54.2 Å². The molecule has 0 bridgehead atoms. The molecule has 3 rings (SSSR count). The number of hydrogen-bond acceptors (Lipinski definition) is 3. The Labute approximate surface area is 131 Å². The number of benzene rings is 1. The van der Waals surface area contributed by atoms with Crippen molar-refractivity contribution in [2.24, 2.45) is 5.92 Å². The van der Waals surface area contributed by atoms with Gasteiger partial charge in [-0.3, -0.25) is 4.79 Å². The van der Waals surface area contributed by atoms with Crippen molar-refractivity contribution in [3.63, 3.8) is 0 Å². The molecule has 116 valence electrons. The molecule has 0 spiro atoms. The fourth-order valence-electron chi connectivity index (χ4n) is 3.60. The second-order valence-electron chi connectivity index (χ2n) is 6.35. The first-order valence-corrected chi connectivity index (χ1v) is 7.87. The zero-order chi connectivity index (χ0) is 15.6. The van der Waals surface area contributed by atoms with E-state index in [0.717, 1.165) is 25.8 Å². The van der Waals surface area contributed by atoms with E-state index in [4.69, 9.17) is 4.42 Å². The van der Waals surface area contributed by atoms with Crippen LogP contribution in [0.4, 0.5) is 0 Å². The van der Waals surface area contributed by atoms with Crippen LogP contribution in [0, 0.1) is 5.92 Å². The number of nitrogens with zero attached hydrogens (tertiary/aromatic N) is 2. The third-order valence-corrected chi connectivity index (χ3v) is 4.85. The highest BCUT2D eigenvalue weighted by molar-refractivity contribution is 5.92. The van der Waals surface area contributed by atoms with Crippen molar-refractivity contribution in [2.45, 2.75) is 38.6 Å². The molecule has 1 aliphatic rings. The molecular weight excluding hydrogens is 276 g/mol. The van der Waals surface area contributed by atoms with Crippen molar-refractivity contribution < 1.29 is 9.21 Å². The summed E-state index contributed by atoms with van der Waals surface area (Å²) in [4.78, 5) is 18.9. The van der Waals surface area contributed by atoms with E-state index in [0.29, 0.717) is 11.6 Å². The second kappa shape index (κ2) is 5.95. The van der Waals surface area contributed by atoms with Crippen LogP contribution in [0.1, 0.15) is 42.7 Å². The lowest BCUT2D eigenvalue weighted by Gasteiger charge is -2.42. The average Bonchev–Trinajstić information content (AvgIpc) is 3.18. The van der Waals surface area contributed by atoms with E-state index < -0.39 is 0 Å². The van der Waals surface area contributed by atoms with E-state index in [1.165, 1.54) is 18.2 Å². The molecule has 0 aliphatic carbocycles. The molecule has 4 heteroatoms. The van der Waals surface area contributed by atoms with E-state index in [2.05, 4.69) is 43.1 Å². The largest absolute Gasteiger partial charge is 0.451 e. The minimum atomic E-state index is -0.141. The minimum Gasteiger partial charge on any atom is -0.451 e. The molecule has 1 atom stereocenters. The van der Waals surface area contributed by atoms with Crippen LogP contribution >= 0.6 is 0 Å². The van der Waals surface area contributed by atoms with Gasteiger partial charge in [-0.15, -0.1) is 0 Å². The highest BCUT2D eigenvalue weighted by Crippen LogP contribution is 2.39. The van der Waals surface area contributed by atoms with Gasteiger partial charge < -0.3 is 9.32 Å². The Morgan fingerprint density at radius 2 is 2.14 bits per heavy atom. The van der Waals surface area contributed by atoms with Crippen molar-refractivity contribution in [2.75, 3.05) is 6.54 Å². The summed E-state index contributed by atoms with van der Waals surface area (Å²) in [5, 5.41) is 0. The predicted molar refractivity (Wildman–Crippen MR) is 84.5 cm³/mol. The Kier molecular flexibility index (Phi) is 4.01. The molecule has 22 heavy (non-hydrogen) atoms. The highest BCUT2D eigenvalue weighted by Gasteiger charge is 2.46. The van der Waals surface area contributed by atoms with Gasteiger partial charge in [0, 0.05) is 12.1 Å². The van der Waals surface area contributed by atoms with Gasteiger partial charge >= 0.3 is 0 Å². The molecule has 0 N–H and O–H groups in total. The van der Waals surface area contributed by atoms with Crippen LogP contribution in [0.25, 0.3) is 0 Å². The summed E-state index contributed by atoms with van der Waals surface area (Å²) in [6.07, 6.45) is 5.71. The maximum Gasteiger partial charge on any atom is 0.276 e. The van der Waals surface area contributed by atoms with Gasteiger partial charge in [0.25, 0.3) is 5.91 Å². The van der Waals surface area contributed by atoms with Crippen LogP contribution in [0.2, 0.25) is 0 Å². The second-order valence-corrected chi connectivity index (χ2v) is 6.35. The monoisotopic (exact) mass is 298 g/mol. The number of hydrogen-bond donors (Lipinski definition) is 0. The number of rotatable bonds is 4. The molecule has 4 nitrogen and oxygen atoms in total. The number of carbonyl (C=O) groups excluding carboxylic acids is 1. The fraction of sp³-hybridized carbons (Fsp3) is 0.444. The molecule has 1 fully saturated rings. The number of carbonyl (C=O) groups is 1. The van der Waals surface area contributed by atoms with E-state index >= 15 is 0 Å². The lowest BCUT2D eigenvalue weighted by molar-refractivity contribution is 0.0470. The molecule has 1 unspecified atom stereocenters.